The summed E-state index contributed by atoms with van der Waals surface area (Å²) in [4.78, 5) is 12.7. The van der Waals surface area contributed by atoms with Crippen LogP contribution in [-0.4, -0.2) is 38.2 Å². The highest BCUT2D eigenvalue weighted by Crippen LogP contribution is 2.09. The predicted octanol–water partition coefficient (Wildman–Crippen LogP) is 6.67. The molecule has 0 aliphatic carbocycles. The second-order valence-electron chi connectivity index (χ2n) is 4.40. The van der Waals surface area contributed by atoms with E-state index in [4.69, 9.17) is 15.3 Å². The molecule has 0 fully saturated rings. The highest BCUT2D eigenvalue weighted by atomic mass is 32.3. The van der Waals surface area contributed by atoms with E-state index in [0.717, 1.165) is 12.5 Å². The lowest BCUT2D eigenvalue weighted by atomic mass is 10.2. The molecule has 0 saturated heterocycles. The van der Waals surface area contributed by atoms with Crippen LogP contribution in [0.5, 0.6) is 0 Å². The summed E-state index contributed by atoms with van der Waals surface area (Å²) in [5, 5.41) is 10.4. The van der Waals surface area contributed by atoms with Gasteiger partial charge in [-0.15, -0.1) is 4.33 Å². The zero-order chi connectivity index (χ0) is 14.4. The number of hydrogen-bond acceptors (Lipinski definition) is 5. The molecular weight excluding hydrogens is 519 g/mol. The summed E-state index contributed by atoms with van der Waals surface area (Å²) in [6, 6.07) is 0. The number of carbonyl (C=O) groups excluding carboxylic acids is 1. The molecule has 9 nitrogen and oxygen atoms in total. The Kier molecular flexibility index (Phi) is 134. The summed E-state index contributed by atoms with van der Waals surface area (Å²) in [6.45, 7) is 5.08. The minimum absolute atomic E-state index is 0. The van der Waals surface area contributed by atoms with Crippen molar-refractivity contribution < 1.29 is 27.9 Å². The Bertz CT molecular complexity index is 388. The van der Waals surface area contributed by atoms with Gasteiger partial charge in [0.2, 0.25) is 0 Å². The van der Waals surface area contributed by atoms with Gasteiger partial charge in [0.05, 0.1) is 0 Å². The molecule has 16 heteroatoms. The molecule has 0 unspecified atom stereocenters. The van der Waals surface area contributed by atoms with Gasteiger partial charge in [0.1, 0.15) is 15.2 Å². The van der Waals surface area contributed by atoms with E-state index in [-0.39, 0.29) is 126 Å². The number of ether oxygens (including phenoxy) is 1. The molecule has 0 radical (unpaired) electrons. The zero-order valence-electron chi connectivity index (χ0n) is 13.3. The van der Waals surface area contributed by atoms with E-state index in [1.54, 1.807) is 20.8 Å². The van der Waals surface area contributed by atoms with Crippen LogP contribution in [-0.2, 0) is 18.7 Å². The summed E-state index contributed by atoms with van der Waals surface area (Å²) in [5.74, 6) is 0. The van der Waals surface area contributed by atoms with E-state index < -0.39 is 21.3 Å². The van der Waals surface area contributed by atoms with Gasteiger partial charge < -0.3 is 9.29 Å². The molecule has 1 amide bonds. The molecule has 0 aromatic rings. The molecule has 0 aromatic carbocycles. The van der Waals surface area contributed by atoms with Gasteiger partial charge in [-0.05, 0) is 26.3 Å². The maximum atomic E-state index is 10.4. The molecule has 0 aromatic heterocycles. The van der Waals surface area contributed by atoms with E-state index in [1.165, 1.54) is 0 Å². The van der Waals surface area contributed by atoms with Gasteiger partial charge >= 0.3 is 6.09 Å². The zero-order valence-corrected chi connectivity index (χ0v) is 20.1. The number of azide groups is 1. The average Bonchev–Trinajstić information content (AvgIpc) is 1.99. The average molecular weight is 572 g/mol. The minimum atomic E-state index is -4.06. The normalized spacial score (nSPS) is 7.76. The van der Waals surface area contributed by atoms with Crippen molar-refractivity contribution in [3.63, 3.8) is 0 Å². The molecule has 29 heavy (non-hydrogen) atoms. The van der Waals surface area contributed by atoms with Crippen LogP contribution >= 0.6 is 81.0 Å². The van der Waals surface area contributed by atoms with Crippen molar-refractivity contribution in [2.24, 2.45) is 5.11 Å². The highest BCUT2D eigenvalue weighted by Gasteiger charge is 2.18. The van der Waals surface area contributed by atoms with Gasteiger partial charge in [-0.1, -0.05) is 44.6 Å². The Morgan fingerprint density at radius 2 is 1.10 bits per heavy atom. The Morgan fingerprint density at radius 1 is 0.897 bits per heavy atom. The number of hydrogen-bond donors (Lipinski definition) is 2. The number of rotatable bonds is 1. The molecule has 0 rings (SSSR count). The topological polar surface area (TPSA) is 142 Å². The van der Waals surface area contributed by atoms with Gasteiger partial charge in [-0.3, -0.25) is 0 Å². The summed E-state index contributed by atoms with van der Waals surface area (Å²) < 4.78 is 26.5. The van der Waals surface area contributed by atoms with Crippen LogP contribution in [0, 0.1) is 0 Å². The number of nitrogens with zero attached hydrogens (tertiary/aromatic N) is 3. The first-order valence-electron chi connectivity index (χ1n) is 4.25. The van der Waals surface area contributed by atoms with Crippen molar-refractivity contribution >= 4 is 96.7 Å². The first-order valence-corrected chi connectivity index (χ1v) is 6.92. The summed E-state index contributed by atoms with van der Waals surface area (Å²) in [6.07, 6.45) is 0.906. The van der Waals surface area contributed by atoms with Crippen LogP contribution in [0.25, 0.3) is 10.4 Å². The van der Waals surface area contributed by atoms with Crippen LogP contribution in [0.3, 0.4) is 0 Å². The van der Waals surface area contributed by atoms with E-state index in [9.17, 15) is 9.00 Å². The number of carbonyl (C=O) groups is 1. The molecule has 0 spiro atoms. The third-order valence-corrected chi connectivity index (χ3v) is 1.16. The molecule has 2 N–H and O–H groups in total. The molecule has 0 aliphatic heterocycles. The molecular formula is C13H53N3O6S7. The monoisotopic (exact) mass is 571 g/mol. The van der Waals surface area contributed by atoms with Gasteiger partial charge in [0, 0.05) is 22.5 Å². The number of amides is 1. The SMILES string of the molecule is C.C.C.C.C.C.CC(C)(C)OC(=O)N=[N+]=[N-].CS(C)(=O)(O)OO.S.S.S.S.S.S. The Morgan fingerprint density at radius 3 is 1.21 bits per heavy atom. The van der Waals surface area contributed by atoms with Crippen LogP contribution in [0.4, 0.5) is 4.79 Å². The molecule has 0 saturated carbocycles. The van der Waals surface area contributed by atoms with Crippen molar-refractivity contribution in [2.45, 2.75) is 70.9 Å². The second kappa shape index (κ2) is 39.4. The lowest BCUT2D eigenvalue weighted by Gasteiger charge is -2.20. The van der Waals surface area contributed by atoms with Crippen LogP contribution in [0.1, 0.15) is 65.3 Å². The van der Waals surface area contributed by atoms with Gasteiger partial charge in [-0.2, -0.15) is 81.0 Å². The fraction of sp³-hybridized carbons (Fsp3) is 0.923. The summed E-state index contributed by atoms with van der Waals surface area (Å²) in [7, 11) is -4.06. The van der Waals surface area contributed by atoms with Gasteiger partial charge in [0.25, 0.3) is 0 Å². The van der Waals surface area contributed by atoms with Crippen molar-refractivity contribution in [3.8, 4) is 0 Å². The molecule has 0 atom stereocenters. The second-order valence-corrected chi connectivity index (χ2v) is 7.86. The fourth-order valence-electron chi connectivity index (χ4n) is 0.319. The standard InChI is InChI=1S/C5H9N3O2.C2H8O4S.6CH4.6H2S/c1-5(2,3)10-4(9)7-8-6;1-7(2,4,5)6-3;;;;;;;;;;;;/h1-3H3;3H,1-2H3,(H,4,5);6*1H4;6*1H2. The molecule has 0 bridgehead atoms. The van der Waals surface area contributed by atoms with Gasteiger partial charge in [-0.25, -0.2) is 14.3 Å². The maximum absolute atomic E-state index is 10.4. The molecule has 0 aliphatic rings. The fourth-order valence-corrected chi connectivity index (χ4v) is 0.319. The smallest absolute Gasteiger partial charge is 0.397 e. The summed E-state index contributed by atoms with van der Waals surface area (Å²) in [5.41, 5.74) is 7.20. The Hall–Kier alpha value is 0.910. The van der Waals surface area contributed by atoms with E-state index in [1.807, 2.05) is 0 Å². The van der Waals surface area contributed by atoms with Crippen molar-refractivity contribution in [3.05, 3.63) is 10.4 Å². The lowest BCUT2D eigenvalue weighted by Crippen LogP contribution is -2.29. The maximum Gasteiger partial charge on any atom is 0.397 e. The van der Waals surface area contributed by atoms with Crippen molar-refractivity contribution in [2.75, 3.05) is 12.5 Å². The van der Waals surface area contributed by atoms with Crippen molar-refractivity contribution in [1.29, 1.82) is 0 Å². The van der Waals surface area contributed by atoms with Crippen LogP contribution < -0.4 is 0 Å². The van der Waals surface area contributed by atoms with Crippen LogP contribution in [0.15, 0.2) is 5.11 Å². The van der Waals surface area contributed by atoms with E-state index >= 15 is 0 Å². The highest BCUT2D eigenvalue weighted by molar-refractivity contribution is 8.09. The Labute approximate surface area is 222 Å². The largest absolute Gasteiger partial charge is 0.455 e. The van der Waals surface area contributed by atoms with E-state index in [0.29, 0.717) is 0 Å². The first-order chi connectivity index (χ1) is 7.27. The quantitative estimate of drug-likeness (QED) is 0.118. The molecule has 198 valence electrons. The Balaban J connectivity index is -0.00000000933. The van der Waals surface area contributed by atoms with E-state index in [2.05, 4.69) is 19.1 Å². The predicted molar refractivity (Wildman–Crippen MR) is 164 cm³/mol. The summed E-state index contributed by atoms with van der Waals surface area (Å²) >= 11 is 0. The van der Waals surface area contributed by atoms with Crippen LogP contribution in [0.2, 0.25) is 0 Å². The van der Waals surface area contributed by atoms with Gasteiger partial charge in [0.15, 0.2) is 0 Å². The van der Waals surface area contributed by atoms with Crippen molar-refractivity contribution in [1.82, 2.24) is 0 Å². The third-order valence-electron chi connectivity index (χ3n) is 0.733. The lowest BCUT2D eigenvalue weighted by molar-refractivity contribution is -0.141. The molecule has 0 heterocycles. The minimum Gasteiger partial charge on any atom is -0.455 e. The third kappa shape index (κ3) is 126. The first kappa shape index (κ1) is 98.8.